The molecule has 2 aromatic rings. The Hall–Kier alpha value is -2.28. The molecule has 3 rings (SSSR count). The van der Waals surface area contributed by atoms with Crippen LogP contribution in [-0.2, 0) is 12.7 Å². The van der Waals surface area contributed by atoms with Crippen molar-refractivity contribution in [2.24, 2.45) is 0 Å². The first-order chi connectivity index (χ1) is 12.9. The Kier molecular flexibility index (Phi) is 6.21. The zero-order valence-corrected chi connectivity index (χ0v) is 15.7. The van der Waals surface area contributed by atoms with Gasteiger partial charge in [-0.15, -0.1) is 0 Å². The molecule has 1 aliphatic rings. The van der Waals surface area contributed by atoms with Gasteiger partial charge in [0.1, 0.15) is 0 Å². The summed E-state index contributed by atoms with van der Waals surface area (Å²) < 4.78 is 38.3. The van der Waals surface area contributed by atoms with Crippen LogP contribution in [0.25, 0.3) is 0 Å². The van der Waals surface area contributed by atoms with Gasteiger partial charge in [-0.2, -0.15) is 13.2 Å². The predicted molar refractivity (Wildman–Crippen MR) is 107 cm³/mol. The van der Waals surface area contributed by atoms with Crippen molar-refractivity contribution in [3.63, 3.8) is 0 Å². The van der Waals surface area contributed by atoms with E-state index < -0.39 is 11.7 Å². The lowest BCUT2D eigenvalue weighted by atomic mass is 10.1. The molecule has 0 unspecified atom stereocenters. The number of hydrogen-bond donors (Lipinski definition) is 2. The molecular formula is C20H22F3N3S. The van der Waals surface area contributed by atoms with Gasteiger partial charge in [0, 0.05) is 31.0 Å². The summed E-state index contributed by atoms with van der Waals surface area (Å²) in [5, 5.41) is 6.12. The van der Waals surface area contributed by atoms with Crippen LogP contribution in [0.5, 0.6) is 0 Å². The average molecular weight is 393 g/mol. The number of rotatable bonds is 4. The van der Waals surface area contributed by atoms with Crippen LogP contribution in [-0.4, -0.2) is 18.2 Å². The van der Waals surface area contributed by atoms with Gasteiger partial charge in [-0.3, -0.25) is 0 Å². The Morgan fingerprint density at radius 2 is 1.70 bits per heavy atom. The van der Waals surface area contributed by atoms with Crippen molar-refractivity contribution in [1.29, 1.82) is 0 Å². The lowest BCUT2D eigenvalue weighted by molar-refractivity contribution is -0.137. The van der Waals surface area contributed by atoms with Crippen molar-refractivity contribution in [3.8, 4) is 0 Å². The third-order valence-electron chi connectivity index (χ3n) is 4.56. The molecule has 0 aliphatic carbocycles. The molecule has 1 fully saturated rings. The molecule has 0 bridgehead atoms. The number of alkyl halides is 3. The van der Waals surface area contributed by atoms with Crippen molar-refractivity contribution in [2.45, 2.75) is 32.0 Å². The monoisotopic (exact) mass is 393 g/mol. The molecule has 2 N–H and O–H groups in total. The smallest absolute Gasteiger partial charge is 0.372 e. The second kappa shape index (κ2) is 8.61. The molecule has 7 heteroatoms. The highest BCUT2D eigenvalue weighted by atomic mass is 32.1. The van der Waals surface area contributed by atoms with Crippen molar-refractivity contribution in [3.05, 3.63) is 59.7 Å². The van der Waals surface area contributed by atoms with Gasteiger partial charge in [0.05, 0.1) is 5.56 Å². The third kappa shape index (κ3) is 5.60. The van der Waals surface area contributed by atoms with E-state index in [0.717, 1.165) is 30.8 Å². The standard InChI is InChI=1S/C20H22F3N3S/c21-20(22,23)16-5-4-6-17(13-16)25-19(27)24-14-15-7-9-18(10-8-15)26-11-2-1-3-12-26/h4-10,13H,1-3,11-12,14H2,(H2,24,25,27). The maximum absolute atomic E-state index is 12.8. The van der Waals surface area contributed by atoms with Crippen LogP contribution in [0.3, 0.4) is 0 Å². The van der Waals surface area contributed by atoms with Crippen LogP contribution in [0, 0.1) is 0 Å². The second-order valence-corrected chi connectivity index (χ2v) is 7.01. The predicted octanol–water partition coefficient (Wildman–Crippen LogP) is 5.18. The molecule has 0 radical (unpaired) electrons. The van der Waals surface area contributed by atoms with E-state index in [4.69, 9.17) is 12.2 Å². The van der Waals surface area contributed by atoms with Crippen molar-refractivity contribution < 1.29 is 13.2 Å². The quantitative estimate of drug-likeness (QED) is 0.700. The Balaban J connectivity index is 1.52. The van der Waals surface area contributed by atoms with Gasteiger partial charge >= 0.3 is 6.18 Å². The molecule has 1 aliphatic heterocycles. The highest BCUT2D eigenvalue weighted by Crippen LogP contribution is 2.30. The molecule has 1 heterocycles. The van der Waals surface area contributed by atoms with E-state index >= 15 is 0 Å². The Morgan fingerprint density at radius 1 is 1.00 bits per heavy atom. The van der Waals surface area contributed by atoms with E-state index in [2.05, 4.69) is 27.7 Å². The fourth-order valence-electron chi connectivity index (χ4n) is 3.11. The summed E-state index contributed by atoms with van der Waals surface area (Å²) in [5.74, 6) is 0. The first kappa shape index (κ1) is 19.5. The van der Waals surface area contributed by atoms with E-state index in [-0.39, 0.29) is 5.11 Å². The summed E-state index contributed by atoms with van der Waals surface area (Å²) in [6.07, 6.45) is -0.602. The summed E-state index contributed by atoms with van der Waals surface area (Å²) in [5.41, 5.74) is 1.89. The highest BCUT2D eigenvalue weighted by Gasteiger charge is 2.30. The topological polar surface area (TPSA) is 27.3 Å². The molecule has 2 aromatic carbocycles. The minimum absolute atomic E-state index is 0.287. The minimum atomic E-state index is -4.37. The van der Waals surface area contributed by atoms with Gasteiger partial charge < -0.3 is 15.5 Å². The fraction of sp³-hybridized carbons (Fsp3) is 0.350. The molecule has 3 nitrogen and oxygen atoms in total. The van der Waals surface area contributed by atoms with Gasteiger partial charge in [-0.1, -0.05) is 18.2 Å². The van der Waals surface area contributed by atoms with Gasteiger partial charge in [-0.05, 0) is 67.4 Å². The van der Waals surface area contributed by atoms with Gasteiger partial charge in [-0.25, -0.2) is 0 Å². The first-order valence-corrected chi connectivity index (χ1v) is 9.39. The molecule has 0 atom stereocenters. The van der Waals surface area contributed by atoms with Gasteiger partial charge in [0.15, 0.2) is 5.11 Å². The lowest BCUT2D eigenvalue weighted by Crippen LogP contribution is -2.29. The largest absolute Gasteiger partial charge is 0.416 e. The maximum Gasteiger partial charge on any atom is 0.416 e. The Bertz CT molecular complexity index is 769. The van der Waals surface area contributed by atoms with Crippen molar-refractivity contribution in [2.75, 3.05) is 23.3 Å². The van der Waals surface area contributed by atoms with E-state index in [1.54, 1.807) is 6.07 Å². The first-order valence-electron chi connectivity index (χ1n) is 8.98. The SMILES string of the molecule is FC(F)(F)c1cccc(NC(=S)NCc2ccc(N3CCCCC3)cc2)c1. The molecule has 0 saturated carbocycles. The zero-order chi connectivity index (χ0) is 19.3. The fourth-order valence-corrected chi connectivity index (χ4v) is 3.30. The number of benzene rings is 2. The summed E-state index contributed by atoms with van der Waals surface area (Å²) in [6.45, 7) is 2.70. The van der Waals surface area contributed by atoms with Crippen LogP contribution < -0.4 is 15.5 Å². The van der Waals surface area contributed by atoms with Crippen LogP contribution >= 0.6 is 12.2 Å². The summed E-state index contributed by atoms with van der Waals surface area (Å²) in [4.78, 5) is 2.39. The third-order valence-corrected chi connectivity index (χ3v) is 4.80. The van der Waals surface area contributed by atoms with Gasteiger partial charge in [0.25, 0.3) is 0 Å². The van der Waals surface area contributed by atoms with Crippen LogP contribution in [0.4, 0.5) is 24.5 Å². The summed E-state index contributed by atoms with van der Waals surface area (Å²) >= 11 is 5.19. The Labute approximate surface area is 162 Å². The van der Waals surface area contributed by atoms with E-state index in [1.165, 1.54) is 31.0 Å². The van der Waals surface area contributed by atoms with E-state index in [1.807, 2.05) is 12.1 Å². The number of anilines is 2. The number of piperidine rings is 1. The molecule has 0 amide bonds. The molecule has 0 spiro atoms. The zero-order valence-electron chi connectivity index (χ0n) is 14.9. The maximum atomic E-state index is 12.8. The Morgan fingerprint density at radius 3 is 2.37 bits per heavy atom. The molecular weight excluding hydrogens is 371 g/mol. The minimum Gasteiger partial charge on any atom is -0.372 e. The average Bonchev–Trinajstić information content (AvgIpc) is 2.67. The van der Waals surface area contributed by atoms with Crippen molar-refractivity contribution >= 4 is 28.7 Å². The number of halogens is 3. The molecule has 0 aromatic heterocycles. The molecule has 27 heavy (non-hydrogen) atoms. The van der Waals surface area contributed by atoms with E-state index in [9.17, 15) is 13.2 Å². The second-order valence-electron chi connectivity index (χ2n) is 6.60. The van der Waals surface area contributed by atoms with Crippen molar-refractivity contribution in [1.82, 2.24) is 5.32 Å². The summed E-state index contributed by atoms with van der Waals surface area (Å²) in [7, 11) is 0. The van der Waals surface area contributed by atoms with Gasteiger partial charge in [0.2, 0.25) is 0 Å². The molecule has 1 saturated heterocycles. The number of nitrogens with one attached hydrogen (secondary N) is 2. The number of hydrogen-bond acceptors (Lipinski definition) is 2. The van der Waals surface area contributed by atoms with Crippen LogP contribution in [0.2, 0.25) is 0 Å². The normalized spacial score (nSPS) is 14.7. The van der Waals surface area contributed by atoms with E-state index in [0.29, 0.717) is 12.2 Å². The summed E-state index contributed by atoms with van der Waals surface area (Å²) in [6, 6.07) is 13.3. The number of nitrogens with zero attached hydrogens (tertiary/aromatic N) is 1. The lowest BCUT2D eigenvalue weighted by Gasteiger charge is -2.28. The molecule has 144 valence electrons. The van der Waals surface area contributed by atoms with Crippen LogP contribution in [0.15, 0.2) is 48.5 Å². The highest BCUT2D eigenvalue weighted by molar-refractivity contribution is 7.80. The number of thiocarbonyl (C=S) groups is 1. The van der Waals surface area contributed by atoms with Crippen LogP contribution in [0.1, 0.15) is 30.4 Å².